The van der Waals surface area contributed by atoms with Crippen molar-refractivity contribution in [3.05, 3.63) is 60.8 Å². The molecule has 0 saturated carbocycles. The molecule has 70 heavy (non-hydrogen) atoms. The van der Waals surface area contributed by atoms with Crippen LogP contribution in [0.3, 0.4) is 0 Å². The van der Waals surface area contributed by atoms with Crippen LogP contribution in [0.2, 0.25) is 0 Å². The molecule has 0 radical (unpaired) electrons. The Hall–Kier alpha value is -1.91. The van der Waals surface area contributed by atoms with Crippen molar-refractivity contribution in [1.82, 2.24) is 5.32 Å². The Morgan fingerprint density at radius 1 is 0.343 bits per heavy atom. The maximum Gasteiger partial charge on any atom is 0.220 e. The van der Waals surface area contributed by atoms with E-state index >= 15 is 0 Å². The number of carbonyl (C=O) groups excluding carboxylic acids is 1. The minimum atomic E-state index is -0.873. The molecule has 0 aromatic carbocycles. The second-order valence-corrected chi connectivity index (χ2v) is 21.5. The number of carbonyl (C=O) groups is 1. The smallest absolute Gasteiger partial charge is 0.220 e. The topological polar surface area (TPSA) is 69.6 Å². The van der Waals surface area contributed by atoms with Gasteiger partial charge in [0.25, 0.3) is 0 Å². The first-order chi connectivity index (χ1) is 34.7. The van der Waals surface area contributed by atoms with Crippen molar-refractivity contribution in [2.24, 2.45) is 0 Å². The van der Waals surface area contributed by atoms with Gasteiger partial charge in [0.1, 0.15) is 0 Å². The predicted molar refractivity (Wildman–Crippen MR) is 313 cm³/mol. The van der Waals surface area contributed by atoms with Crippen molar-refractivity contribution in [3.63, 3.8) is 0 Å². The van der Waals surface area contributed by atoms with Gasteiger partial charge in [0, 0.05) is 6.42 Å². The normalized spacial score (nSPS) is 13.1. The SMILES string of the molecule is CCCCCCC/C=C\C/C=C\CCCCCCCCCCCCCCCCCCCC(=O)NC(CO)C(O)/C=C/CC/C=C/CC/C=C/CCCCCCCCCCCCCCCCCCCCC. The fraction of sp³-hybridized carbons (Fsp3) is 0.833. The van der Waals surface area contributed by atoms with E-state index in [4.69, 9.17) is 0 Å². The molecule has 4 heteroatoms. The van der Waals surface area contributed by atoms with Gasteiger partial charge >= 0.3 is 0 Å². The molecule has 0 spiro atoms. The number of aliphatic hydroxyl groups is 2. The highest BCUT2D eigenvalue weighted by atomic mass is 16.3. The largest absolute Gasteiger partial charge is 0.394 e. The second kappa shape index (κ2) is 61.4. The minimum Gasteiger partial charge on any atom is -0.394 e. The van der Waals surface area contributed by atoms with Crippen molar-refractivity contribution < 1.29 is 15.0 Å². The third-order valence-electron chi connectivity index (χ3n) is 14.5. The lowest BCUT2D eigenvalue weighted by Crippen LogP contribution is -2.45. The summed E-state index contributed by atoms with van der Waals surface area (Å²) >= 11 is 0. The lowest BCUT2D eigenvalue weighted by Gasteiger charge is -2.19. The Morgan fingerprint density at radius 2 is 0.600 bits per heavy atom. The van der Waals surface area contributed by atoms with Crippen LogP contribution in [0.15, 0.2) is 60.8 Å². The quantitative estimate of drug-likeness (QED) is 0.0420. The average Bonchev–Trinajstić information content (AvgIpc) is 3.36. The number of amides is 1. The average molecular weight is 979 g/mol. The summed E-state index contributed by atoms with van der Waals surface area (Å²) in [6.45, 7) is 4.32. The third kappa shape index (κ3) is 57.0. The van der Waals surface area contributed by atoms with Gasteiger partial charge in [-0.3, -0.25) is 4.79 Å². The fourth-order valence-corrected chi connectivity index (χ4v) is 9.66. The van der Waals surface area contributed by atoms with Gasteiger partial charge in [-0.15, -0.1) is 0 Å². The summed E-state index contributed by atoms with van der Waals surface area (Å²) in [6, 6.07) is -0.648. The fourth-order valence-electron chi connectivity index (χ4n) is 9.66. The van der Waals surface area contributed by atoms with Gasteiger partial charge in [-0.25, -0.2) is 0 Å². The number of unbranched alkanes of at least 4 members (excludes halogenated alkanes) is 43. The molecule has 0 bridgehead atoms. The Balaban J connectivity index is 3.52. The van der Waals surface area contributed by atoms with Gasteiger partial charge in [-0.1, -0.05) is 312 Å². The molecule has 0 aromatic heterocycles. The number of aliphatic hydroxyl groups excluding tert-OH is 2. The minimum absolute atomic E-state index is 0.0741. The van der Waals surface area contributed by atoms with Crippen LogP contribution in [-0.2, 0) is 4.79 Å². The van der Waals surface area contributed by atoms with Crippen molar-refractivity contribution >= 4 is 5.91 Å². The van der Waals surface area contributed by atoms with E-state index in [1.807, 2.05) is 6.08 Å². The first-order valence-electron chi connectivity index (χ1n) is 31.5. The maximum absolute atomic E-state index is 12.5. The van der Waals surface area contributed by atoms with Gasteiger partial charge in [0.2, 0.25) is 5.91 Å². The Bertz CT molecular complexity index is 1150. The molecule has 0 saturated heterocycles. The van der Waals surface area contributed by atoms with E-state index in [0.29, 0.717) is 6.42 Å². The standard InChI is InChI=1S/C66H123NO3/c1-3-5-7-9-11-13-15-17-19-21-23-25-27-29-31-33-35-37-39-41-43-45-47-49-51-53-55-57-59-61-65(69)64(63-68)67-66(70)62-60-58-56-54-52-50-48-46-44-42-40-38-36-34-32-30-28-26-24-22-20-18-16-14-12-10-8-6-4-2/h16,18,22,24,43,45,51,53,59,61,64-65,68-69H,3-15,17,19-21,23,25-42,44,46-50,52,54-58,60,62-63H2,1-2H3,(H,67,70)/b18-16-,24-22-,45-43+,53-51+,61-59+. The van der Waals surface area contributed by atoms with E-state index in [1.165, 1.54) is 270 Å². The van der Waals surface area contributed by atoms with Crippen molar-refractivity contribution in [3.8, 4) is 0 Å². The van der Waals surface area contributed by atoms with Crippen LogP contribution in [0, 0.1) is 0 Å². The van der Waals surface area contributed by atoms with Crippen LogP contribution < -0.4 is 5.32 Å². The molecule has 0 aliphatic heterocycles. The lowest BCUT2D eigenvalue weighted by atomic mass is 10.0. The molecule has 1 amide bonds. The first kappa shape index (κ1) is 68.1. The highest BCUT2D eigenvalue weighted by molar-refractivity contribution is 5.76. The highest BCUT2D eigenvalue weighted by Gasteiger charge is 2.18. The van der Waals surface area contributed by atoms with E-state index < -0.39 is 12.1 Å². The van der Waals surface area contributed by atoms with Crippen LogP contribution in [0.25, 0.3) is 0 Å². The summed E-state index contributed by atoms with van der Waals surface area (Å²) in [6.07, 6.45) is 87.0. The number of rotatable bonds is 58. The Labute approximate surface area is 438 Å². The van der Waals surface area contributed by atoms with Gasteiger partial charge in [-0.05, 0) is 77.0 Å². The van der Waals surface area contributed by atoms with Crippen LogP contribution in [0.5, 0.6) is 0 Å². The van der Waals surface area contributed by atoms with E-state index in [0.717, 1.165) is 44.9 Å². The van der Waals surface area contributed by atoms with Crippen LogP contribution >= 0.6 is 0 Å². The predicted octanol–water partition coefficient (Wildman–Crippen LogP) is 21.2. The number of hydrogen-bond donors (Lipinski definition) is 3. The zero-order valence-electron chi connectivity index (χ0n) is 47.3. The van der Waals surface area contributed by atoms with Gasteiger partial charge < -0.3 is 15.5 Å². The molecule has 0 rings (SSSR count). The van der Waals surface area contributed by atoms with Crippen LogP contribution in [-0.4, -0.2) is 34.9 Å². The molecular weight excluding hydrogens is 855 g/mol. The molecule has 2 atom stereocenters. The van der Waals surface area contributed by atoms with E-state index in [9.17, 15) is 15.0 Å². The Kier molecular flexibility index (Phi) is 59.7. The molecular formula is C66H123NO3. The highest BCUT2D eigenvalue weighted by Crippen LogP contribution is 2.17. The monoisotopic (exact) mass is 978 g/mol. The summed E-state index contributed by atoms with van der Waals surface area (Å²) in [4.78, 5) is 12.5. The molecule has 0 heterocycles. The molecule has 0 aliphatic rings. The summed E-state index contributed by atoms with van der Waals surface area (Å²) in [5.74, 6) is -0.0741. The molecule has 4 nitrogen and oxygen atoms in total. The van der Waals surface area contributed by atoms with Gasteiger partial charge in [-0.2, -0.15) is 0 Å². The van der Waals surface area contributed by atoms with Gasteiger partial charge in [0.05, 0.1) is 18.8 Å². The summed E-state index contributed by atoms with van der Waals surface area (Å²) < 4.78 is 0. The molecule has 0 aromatic rings. The van der Waals surface area contributed by atoms with E-state index in [2.05, 4.69) is 67.8 Å². The maximum atomic E-state index is 12.5. The first-order valence-corrected chi connectivity index (χ1v) is 31.5. The van der Waals surface area contributed by atoms with Crippen molar-refractivity contribution in [2.45, 2.75) is 347 Å². The number of hydrogen-bond acceptors (Lipinski definition) is 3. The van der Waals surface area contributed by atoms with E-state index in [-0.39, 0.29) is 12.5 Å². The second-order valence-electron chi connectivity index (χ2n) is 21.5. The summed E-state index contributed by atoms with van der Waals surface area (Å²) in [7, 11) is 0. The Morgan fingerprint density at radius 3 is 0.914 bits per heavy atom. The molecule has 0 aliphatic carbocycles. The number of nitrogens with one attached hydrogen (secondary N) is 1. The number of allylic oxidation sites excluding steroid dienone is 9. The third-order valence-corrected chi connectivity index (χ3v) is 14.5. The van der Waals surface area contributed by atoms with Crippen LogP contribution in [0.1, 0.15) is 335 Å². The molecule has 2 unspecified atom stereocenters. The molecule has 3 N–H and O–H groups in total. The molecule has 410 valence electrons. The van der Waals surface area contributed by atoms with E-state index in [1.54, 1.807) is 6.08 Å². The summed E-state index contributed by atoms with van der Waals surface area (Å²) in [5, 5.41) is 23.2. The van der Waals surface area contributed by atoms with Crippen molar-refractivity contribution in [2.75, 3.05) is 6.61 Å². The molecule has 0 fully saturated rings. The zero-order valence-corrected chi connectivity index (χ0v) is 47.3. The lowest BCUT2D eigenvalue weighted by molar-refractivity contribution is -0.123. The van der Waals surface area contributed by atoms with Crippen LogP contribution in [0.4, 0.5) is 0 Å². The summed E-state index contributed by atoms with van der Waals surface area (Å²) in [5.41, 5.74) is 0. The van der Waals surface area contributed by atoms with Crippen molar-refractivity contribution in [1.29, 1.82) is 0 Å². The zero-order chi connectivity index (χ0) is 50.6. The van der Waals surface area contributed by atoms with Gasteiger partial charge in [0.15, 0.2) is 0 Å².